The number of para-hydroxylation sites is 1. The van der Waals surface area contributed by atoms with Gasteiger partial charge in [0.1, 0.15) is 6.04 Å². The van der Waals surface area contributed by atoms with E-state index < -0.39 is 17.6 Å². The molecule has 0 bridgehead atoms. The molecule has 28 heavy (non-hydrogen) atoms. The number of thioether (sulfide) groups is 1. The van der Waals surface area contributed by atoms with E-state index in [-0.39, 0.29) is 23.6 Å². The van der Waals surface area contributed by atoms with Gasteiger partial charge in [-0.05, 0) is 71.3 Å². The van der Waals surface area contributed by atoms with Gasteiger partial charge in [0.25, 0.3) is 0 Å². The van der Waals surface area contributed by atoms with E-state index in [0.29, 0.717) is 0 Å². The molecule has 7 heteroatoms. The van der Waals surface area contributed by atoms with Crippen molar-refractivity contribution in [3.05, 3.63) is 29.3 Å². The number of hydrogen-bond donors (Lipinski definition) is 4. The first-order valence-electron chi connectivity index (χ1n) is 9.58. The number of carbonyl (C=O) groups is 2. The summed E-state index contributed by atoms with van der Waals surface area (Å²) < 4.78 is 0. The number of carbonyl (C=O) groups excluding carboxylic acids is 1. The summed E-state index contributed by atoms with van der Waals surface area (Å²) in [7, 11) is 0. The van der Waals surface area contributed by atoms with Crippen LogP contribution in [0.2, 0.25) is 0 Å². The summed E-state index contributed by atoms with van der Waals surface area (Å²) >= 11 is 1.76. The number of anilines is 1. The van der Waals surface area contributed by atoms with E-state index in [4.69, 9.17) is 10.8 Å². The molecular weight excluding hydrogens is 374 g/mol. The van der Waals surface area contributed by atoms with Crippen molar-refractivity contribution >= 4 is 29.3 Å². The Balaban J connectivity index is 2.67. The number of nitrogens with two attached hydrogens (primary N) is 1. The van der Waals surface area contributed by atoms with Gasteiger partial charge in [-0.15, -0.1) is 11.8 Å². The summed E-state index contributed by atoms with van der Waals surface area (Å²) in [6, 6.07) is 5.25. The minimum absolute atomic E-state index is 0.108. The first-order chi connectivity index (χ1) is 12.9. The number of hydrogen-bond acceptors (Lipinski definition) is 5. The van der Waals surface area contributed by atoms with Crippen LogP contribution < -0.4 is 16.4 Å². The second kappa shape index (κ2) is 10.2. The summed E-state index contributed by atoms with van der Waals surface area (Å²) in [4.78, 5) is 22.8. The first-order valence-corrected chi connectivity index (χ1v) is 10.8. The molecule has 0 spiro atoms. The highest BCUT2D eigenvalue weighted by atomic mass is 32.2. The Kier molecular flexibility index (Phi) is 8.82. The highest BCUT2D eigenvalue weighted by molar-refractivity contribution is 8.00. The molecule has 1 unspecified atom stereocenters. The second-order valence-corrected chi connectivity index (χ2v) is 9.55. The van der Waals surface area contributed by atoms with Gasteiger partial charge in [-0.3, -0.25) is 9.59 Å². The van der Waals surface area contributed by atoms with Gasteiger partial charge in [-0.1, -0.05) is 18.2 Å². The molecule has 0 aliphatic rings. The first kappa shape index (κ1) is 24.3. The zero-order valence-corrected chi connectivity index (χ0v) is 18.7. The number of carboxylic acid groups (broad SMARTS) is 1. The average molecular weight is 410 g/mol. The molecule has 1 aromatic carbocycles. The van der Waals surface area contributed by atoms with Crippen molar-refractivity contribution in [2.75, 3.05) is 11.6 Å². The molecule has 6 nitrogen and oxygen atoms in total. The Morgan fingerprint density at radius 3 is 2.25 bits per heavy atom. The van der Waals surface area contributed by atoms with E-state index in [1.165, 1.54) is 11.1 Å². The van der Waals surface area contributed by atoms with Crippen LogP contribution >= 0.6 is 11.8 Å². The smallest absolute Gasteiger partial charge is 0.320 e. The number of carboxylic acids is 1. The standard InChI is InChI=1S/C21H35N3O3S/c1-14-8-7-9-15(2)18(14)24-21(5,28-6)13-12-20(3,4)23-17(25)11-10-16(22)19(26)27/h7-9,16,24H,10-13,22H2,1-6H3,(H,23,25)(H,26,27)/t16-,21?/m0/s1. The molecule has 1 amide bonds. The number of benzene rings is 1. The lowest BCUT2D eigenvalue weighted by molar-refractivity contribution is -0.138. The Morgan fingerprint density at radius 2 is 1.75 bits per heavy atom. The van der Waals surface area contributed by atoms with Crippen molar-refractivity contribution in [3.63, 3.8) is 0 Å². The predicted octanol–water partition coefficient (Wildman–Crippen LogP) is 3.66. The number of nitrogens with one attached hydrogen (secondary N) is 2. The Hall–Kier alpha value is -1.73. The van der Waals surface area contributed by atoms with Crippen molar-refractivity contribution < 1.29 is 14.7 Å². The van der Waals surface area contributed by atoms with E-state index in [9.17, 15) is 9.59 Å². The number of aryl methyl sites for hydroxylation is 2. The number of amides is 1. The van der Waals surface area contributed by atoms with Crippen molar-refractivity contribution in [1.82, 2.24) is 5.32 Å². The summed E-state index contributed by atoms with van der Waals surface area (Å²) in [6.45, 7) is 10.3. The highest BCUT2D eigenvalue weighted by Crippen LogP contribution is 2.34. The molecule has 0 saturated carbocycles. The Morgan fingerprint density at radius 1 is 1.18 bits per heavy atom. The molecule has 0 aromatic heterocycles. The van der Waals surface area contributed by atoms with E-state index in [2.05, 4.69) is 55.9 Å². The molecular formula is C21H35N3O3S. The maximum atomic E-state index is 12.2. The molecule has 158 valence electrons. The molecule has 5 N–H and O–H groups in total. The van der Waals surface area contributed by atoms with E-state index in [1.54, 1.807) is 11.8 Å². The van der Waals surface area contributed by atoms with Crippen LogP contribution in [0.15, 0.2) is 18.2 Å². The fraction of sp³-hybridized carbons (Fsp3) is 0.619. The molecule has 0 aliphatic heterocycles. The van der Waals surface area contributed by atoms with Gasteiger partial charge < -0.3 is 21.5 Å². The molecule has 2 atom stereocenters. The van der Waals surface area contributed by atoms with Crippen LogP contribution in [0.3, 0.4) is 0 Å². The SMILES string of the molecule is CSC(C)(CCC(C)(C)NC(=O)CC[C@H](N)C(=O)O)Nc1c(C)cccc1C. The molecule has 0 heterocycles. The predicted molar refractivity (Wildman–Crippen MR) is 118 cm³/mol. The second-order valence-electron chi connectivity index (χ2n) is 8.24. The minimum Gasteiger partial charge on any atom is -0.480 e. The monoisotopic (exact) mass is 409 g/mol. The number of rotatable bonds is 11. The zero-order valence-electron chi connectivity index (χ0n) is 17.9. The van der Waals surface area contributed by atoms with Gasteiger partial charge in [-0.2, -0.15) is 0 Å². The minimum atomic E-state index is -1.08. The third-order valence-electron chi connectivity index (χ3n) is 5.03. The van der Waals surface area contributed by atoms with Gasteiger partial charge in [0, 0.05) is 17.6 Å². The average Bonchev–Trinajstić information content (AvgIpc) is 2.61. The Labute approximate surface area is 173 Å². The van der Waals surface area contributed by atoms with Gasteiger partial charge >= 0.3 is 5.97 Å². The van der Waals surface area contributed by atoms with E-state index >= 15 is 0 Å². The van der Waals surface area contributed by atoms with Crippen molar-refractivity contribution in [2.45, 2.75) is 76.8 Å². The van der Waals surface area contributed by atoms with Crippen molar-refractivity contribution in [2.24, 2.45) is 5.73 Å². The van der Waals surface area contributed by atoms with E-state index in [0.717, 1.165) is 18.5 Å². The summed E-state index contributed by atoms with van der Waals surface area (Å²) in [5, 5.41) is 15.5. The van der Waals surface area contributed by atoms with E-state index in [1.807, 2.05) is 13.8 Å². The highest BCUT2D eigenvalue weighted by Gasteiger charge is 2.29. The van der Waals surface area contributed by atoms with Crippen molar-refractivity contribution in [3.8, 4) is 0 Å². The molecule has 0 saturated heterocycles. The normalized spacial score (nSPS) is 14.8. The van der Waals surface area contributed by atoms with Crippen LogP contribution in [-0.2, 0) is 9.59 Å². The van der Waals surface area contributed by atoms with Crippen LogP contribution in [0.5, 0.6) is 0 Å². The van der Waals surface area contributed by atoms with Gasteiger partial charge in [0.15, 0.2) is 0 Å². The molecule has 1 aromatic rings. The lowest BCUT2D eigenvalue weighted by atomic mass is 9.94. The fourth-order valence-electron chi connectivity index (χ4n) is 2.96. The lowest BCUT2D eigenvalue weighted by Gasteiger charge is -2.35. The number of aliphatic carboxylic acids is 1. The Bertz CT molecular complexity index is 673. The third-order valence-corrected chi connectivity index (χ3v) is 6.23. The van der Waals surface area contributed by atoms with Gasteiger partial charge in [0.05, 0.1) is 4.87 Å². The zero-order chi connectivity index (χ0) is 21.5. The molecule has 0 radical (unpaired) electrons. The van der Waals surface area contributed by atoms with Crippen molar-refractivity contribution in [1.29, 1.82) is 0 Å². The lowest BCUT2D eigenvalue weighted by Crippen LogP contribution is -2.46. The van der Waals surface area contributed by atoms with Crippen LogP contribution in [0.25, 0.3) is 0 Å². The van der Waals surface area contributed by atoms with Gasteiger partial charge in [-0.25, -0.2) is 0 Å². The van der Waals surface area contributed by atoms with Gasteiger partial charge in [0.2, 0.25) is 5.91 Å². The molecule has 0 fully saturated rings. The summed E-state index contributed by atoms with van der Waals surface area (Å²) in [5.41, 5.74) is 8.65. The van der Waals surface area contributed by atoms with Crippen LogP contribution in [-0.4, -0.2) is 39.7 Å². The summed E-state index contributed by atoms with van der Waals surface area (Å²) in [6.07, 6.45) is 3.95. The maximum absolute atomic E-state index is 12.2. The molecule has 0 aliphatic carbocycles. The molecule has 1 rings (SSSR count). The quantitative estimate of drug-likeness (QED) is 0.416. The fourth-order valence-corrected chi connectivity index (χ4v) is 3.47. The summed E-state index contributed by atoms with van der Waals surface area (Å²) in [5.74, 6) is -1.25. The van der Waals surface area contributed by atoms with Crippen LogP contribution in [0, 0.1) is 13.8 Å². The van der Waals surface area contributed by atoms with Crippen LogP contribution in [0.4, 0.5) is 5.69 Å². The topological polar surface area (TPSA) is 104 Å². The third kappa shape index (κ3) is 7.72. The van der Waals surface area contributed by atoms with Crippen LogP contribution in [0.1, 0.15) is 57.6 Å². The largest absolute Gasteiger partial charge is 0.480 e. The maximum Gasteiger partial charge on any atom is 0.320 e.